The molecule has 0 aliphatic carbocycles. The first-order chi connectivity index (χ1) is 8.29. The second-order valence-electron chi connectivity index (χ2n) is 5.72. The highest BCUT2D eigenvalue weighted by Crippen LogP contribution is 2.38. The van der Waals surface area contributed by atoms with E-state index < -0.39 is 0 Å². The van der Waals surface area contributed by atoms with E-state index in [1.54, 1.807) is 0 Å². The Hall–Kier alpha value is -0.160. The lowest BCUT2D eigenvalue weighted by Gasteiger charge is -2.40. The van der Waals surface area contributed by atoms with E-state index in [0.29, 0.717) is 5.92 Å². The molecule has 0 aromatic rings. The van der Waals surface area contributed by atoms with Crippen molar-refractivity contribution in [3.8, 4) is 0 Å². The largest absolute Gasteiger partial charge is 0.378 e. The second-order valence-corrected chi connectivity index (χ2v) is 5.72. The maximum atomic E-state index is 6.38. The van der Waals surface area contributed by atoms with Crippen LogP contribution in [0.3, 0.4) is 0 Å². The molecule has 98 valence electrons. The Bertz CT molecular complexity index is 259. The number of hydrogen-bond donors (Lipinski definition) is 1. The number of rotatable bonds is 2. The SMILES string of the molecule is NC(C1CCOC2(CCOC2)C1)C1CCCO1. The maximum Gasteiger partial charge on any atom is 0.0939 e. The van der Waals surface area contributed by atoms with Gasteiger partial charge in [0.05, 0.1) is 18.3 Å². The van der Waals surface area contributed by atoms with Gasteiger partial charge in [-0.3, -0.25) is 0 Å². The predicted octanol–water partition coefficient (Wildman–Crippen LogP) is 1.08. The number of nitrogens with two attached hydrogens (primary N) is 1. The molecule has 3 heterocycles. The molecule has 3 rings (SSSR count). The Balaban J connectivity index is 1.62. The summed E-state index contributed by atoms with van der Waals surface area (Å²) in [6.45, 7) is 3.30. The van der Waals surface area contributed by atoms with Crippen LogP contribution in [0.1, 0.15) is 32.1 Å². The van der Waals surface area contributed by atoms with Crippen LogP contribution in [0.2, 0.25) is 0 Å². The van der Waals surface area contributed by atoms with E-state index in [1.807, 2.05) is 0 Å². The predicted molar refractivity (Wildman–Crippen MR) is 63.8 cm³/mol. The zero-order valence-corrected chi connectivity index (χ0v) is 10.4. The first kappa shape index (κ1) is 11.9. The van der Waals surface area contributed by atoms with Crippen LogP contribution in [-0.2, 0) is 14.2 Å². The molecule has 0 amide bonds. The molecule has 0 aromatic heterocycles. The lowest BCUT2D eigenvalue weighted by Crippen LogP contribution is -2.49. The van der Waals surface area contributed by atoms with Crippen LogP contribution in [0.5, 0.6) is 0 Å². The van der Waals surface area contributed by atoms with E-state index in [9.17, 15) is 0 Å². The molecule has 0 saturated carbocycles. The summed E-state index contributed by atoms with van der Waals surface area (Å²) in [5.41, 5.74) is 6.35. The van der Waals surface area contributed by atoms with Gasteiger partial charge in [-0.15, -0.1) is 0 Å². The molecule has 4 heteroatoms. The van der Waals surface area contributed by atoms with Crippen LogP contribution in [0, 0.1) is 5.92 Å². The topological polar surface area (TPSA) is 53.7 Å². The van der Waals surface area contributed by atoms with Crippen LogP contribution in [0.25, 0.3) is 0 Å². The molecule has 17 heavy (non-hydrogen) atoms. The van der Waals surface area contributed by atoms with E-state index in [4.69, 9.17) is 19.9 Å². The molecule has 4 nitrogen and oxygen atoms in total. The zero-order valence-electron chi connectivity index (χ0n) is 10.4. The first-order valence-electron chi connectivity index (χ1n) is 6.88. The summed E-state index contributed by atoms with van der Waals surface area (Å²) >= 11 is 0. The summed E-state index contributed by atoms with van der Waals surface area (Å²) in [6.07, 6.45) is 5.72. The van der Waals surface area contributed by atoms with Gasteiger partial charge in [0.2, 0.25) is 0 Å². The molecule has 2 N–H and O–H groups in total. The molecule has 0 bridgehead atoms. The van der Waals surface area contributed by atoms with E-state index >= 15 is 0 Å². The lowest BCUT2D eigenvalue weighted by molar-refractivity contribution is -0.107. The average molecular weight is 241 g/mol. The van der Waals surface area contributed by atoms with Crippen molar-refractivity contribution in [1.82, 2.24) is 0 Å². The van der Waals surface area contributed by atoms with Crippen LogP contribution in [0.4, 0.5) is 0 Å². The van der Waals surface area contributed by atoms with Crippen LogP contribution < -0.4 is 5.73 Å². The molecule has 3 fully saturated rings. The van der Waals surface area contributed by atoms with Crippen molar-refractivity contribution in [3.63, 3.8) is 0 Å². The highest BCUT2D eigenvalue weighted by atomic mass is 16.6. The molecular formula is C13H23NO3. The van der Waals surface area contributed by atoms with Gasteiger partial charge in [-0.1, -0.05) is 0 Å². The first-order valence-corrected chi connectivity index (χ1v) is 6.88. The molecule has 3 aliphatic rings. The fourth-order valence-corrected chi connectivity index (χ4v) is 3.47. The van der Waals surface area contributed by atoms with Gasteiger partial charge < -0.3 is 19.9 Å². The summed E-state index contributed by atoms with van der Waals surface area (Å²) < 4.78 is 17.2. The molecule has 4 unspecified atom stereocenters. The van der Waals surface area contributed by atoms with Crippen LogP contribution in [-0.4, -0.2) is 44.2 Å². The molecule has 0 aromatic carbocycles. The third-order valence-electron chi connectivity index (χ3n) is 4.54. The molecule has 3 aliphatic heterocycles. The van der Waals surface area contributed by atoms with Crippen molar-refractivity contribution in [1.29, 1.82) is 0 Å². The van der Waals surface area contributed by atoms with E-state index in [0.717, 1.165) is 58.5 Å². The van der Waals surface area contributed by atoms with Crippen molar-refractivity contribution >= 4 is 0 Å². The van der Waals surface area contributed by atoms with Gasteiger partial charge in [0.25, 0.3) is 0 Å². The van der Waals surface area contributed by atoms with Crippen LogP contribution in [0.15, 0.2) is 0 Å². The van der Waals surface area contributed by atoms with Gasteiger partial charge in [-0.05, 0) is 31.6 Å². The van der Waals surface area contributed by atoms with Crippen molar-refractivity contribution in [3.05, 3.63) is 0 Å². The summed E-state index contributed by atoms with van der Waals surface area (Å²) in [4.78, 5) is 0. The van der Waals surface area contributed by atoms with Gasteiger partial charge in [-0.25, -0.2) is 0 Å². The molecule has 0 radical (unpaired) electrons. The second kappa shape index (κ2) is 4.84. The number of ether oxygens (including phenoxy) is 3. The Morgan fingerprint density at radius 3 is 2.82 bits per heavy atom. The summed E-state index contributed by atoms with van der Waals surface area (Å²) in [7, 11) is 0. The van der Waals surface area contributed by atoms with Gasteiger partial charge in [0.15, 0.2) is 0 Å². The summed E-state index contributed by atoms with van der Waals surface area (Å²) in [5, 5.41) is 0. The smallest absolute Gasteiger partial charge is 0.0939 e. The van der Waals surface area contributed by atoms with Crippen molar-refractivity contribution < 1.29 is 14.2 Å². The Labute approximate surface area is 103 Å². The quantitative estimate of drug-likeness (QED) is 0.786. The standard InChI is InChI=1S/C13H23NO3/c14-12(11-2-1-5-16-11)10-3-6-17-13(8-10)4-7-15-9-13/h10-12H,1-9,14H2. The van der Waals surface area contributed by atoms with E-state index in [2.05, 4.69) is 0 Å². The van der Waals surface area contributed by atoms with Gasteiger partial charge >= 0.3 is 0 Å². The van der Waals surface area contributed by atoms with E-state index in [1.165, 1.54) is 0 Å². The van der Waals surface area contributed by atoms with Gasteiger partial charge in [0, 0.05) is 32.3 Å². The minimum atomic E-state index is -0.0286. The highest BCUT2D eigenvalue weighted by Gasteiger charge is 2.44. The normalized spacial score (nSPS) is 44.3. The fraction of sp³-hybridized carbons (Fsp3) is 1.00. The van der Waals surface area contributed by atoms with E-state index in [-0.39, 0.29) is 17.7 Å². The summed E-state index contributed by atoms with van der Waals surface area (Å²) in [5.74, 6) is 0.536. The molecule has 3 saturated heterocycles. The van der Waals surface area contributed by atoms with Crippen molar-refractivity contribution in [2.75, 3.05) is 26.4 Å². The average Bonchev–Trinajstić information content (AvgIpc) is 3.00. The monoisotopic (exact) mass is 241 g/mol. The molecular weight excluding hydrogens is 218 g/mol. The maximum absolute atomic E-state index is 6.38. The Morgan fingerprint density at radius 2 is 2.12 bits per heavy atom. The van der Waals surface area contributed by atoms with Gasteiger partial charge in [0.1, 0.15) is 0 Å². The molecule has 1 spiro atoms. The fourth-order valence-electron chi connectivity index (χ4n) is 3.47. The minimum Gasteiger partial charge on any atom is -0.378 e. The Morgan fingerprint density at radius 1 is 1.18 bits per heavy atom. The number of hydrogen-bond acceptors (Lipinski definition) is 4. The minimum absolute atomic E-state index is 0.0286. The van der Waals surface area contributed by atoms with Crippen molar-refractivity contribution in [2.45, 2.75) is 49.9 Å². The van der Waals surface area contributed by atoms with Crippen LogP contribution >= 0.6 is 0 Å². The summed E-state index contributed by atoms with van der Waals surface area (Å²) in [6, 6.07) is 0.180. The van der Waals surface area contributed by atoms with Crippen molar-refractivity contribution in [2.24, 2.45) is 11.7 Å². The zero-order chi connectivity index (χ0) is 11.7. The third-order valence-corrected chi connectivity index (χ3v) is 4.54. The highest BCUT2D eigenvalue weighted by molar-refractivity contribution is 4.95. The third kappa shape index (κ3) is 2.36. The lowest BCUT2D eigenvalue weighted by atomic mass is 9.79. The van der Waals surface area contributed by atoms with Gasteiger partial charge in [-0.2, -0.15) is 0 Å². The Kier molecular flexibility index (Phi) is 3.39. The molecule has 4 atom stereocenters.